The molecule has 0 saturated heterocycles. The van der Waals surface area contributed by atoms with Gasteiger partial charge in [-0.15, -0.1) is 11.8 Å². The average molecular weight is 367 g/mol. The van der Waals surface area contributed by atoms with Crippen LogP contribution in [0.15, 0.2) is 33.6 Å². The first-order valence-electron chi connectivity index (χ1n) is 7.23. The topological polar surface area (TPSA) is 52.9 Å². The van der Waals surface area contributed by atoms with Crippen LogP contribution in [0, 0.1) is 23.2 Å². The maximum Gasteiger partial charge on any atom is 0.224 e. The maximum atomic E-state index is 12.2. The van der Waals surface area contributed by atoms with E-state index in [2.05, 4.69) is 33.4 Å². The van der Waals surface area contributed by atoms with Crippen molar-refractivity contribution >= 4 is 33.6 Å². The molecule has 0 unspecified atom stereocenters. The normalized spacial score (nSPS) is 21.5. The minimum Gasteiger partial charge on any atom is -0.343 e. The van der Waals surface area contributed by atoms with Crippen molar-refractivity contribution in [2.45, 2.75) is 30.6 Å². The first-order valence-corrected chi connectivity index (χ1v) is 9.01. The molecule has 1 aliphatic carbocycles. The van der Waals surface area contributed by atoms with E-state index in [1.807, 2.05) is 30.0 Å². The predicted octanol–water partition coefficient (Wildman–Crippen LogP) is 3.99. The number of carbonyl (C=O) groups is 1. The van der Waals surface area contributed by atoms with Crippen LogP contribution in [0.3, 0.4) is 0 Å². The lowest BCUT2D eigenvalue weighted by Crippen LogP contribution is -2.37. The van der Waals surface area contributed by atoms with E-state index in [0.29, 0.717) is 5.92 Å². The standard InChI is InChI=1S/C16H19BrN2OS/c17-13-5-3-6-14(10-13)21-11-12-4-1-2-7-15(12)16(20)19-9-8-18/h3,5-6,10,12,15H,1-2,4,7,9,11H2,(H,19,20)/t12-,15+/m1/s1. The molecule has 0 aliphatic heterocycles. The number of benzene rings is 1. The summed E-state index contributed by atoms with van der Waals surface area (Å²) in [5.41, 5.74) is 0. The average Bonchev–Trinajstić information content (AvgIpc) is 2.51. The van der Waals surface area contributed by atoms with Gasteiger partial charge in [0.2, 0.25) is 5.91 Å². The zero-order valence-electron chi connectivity index (χ0n) is 11.8. The van der Waals surface area contributed by atoms with Crippen LogP contribution in [0.2, 0.25) is 0 Å². The predicted molar refractivity (Wildman–Crippen MR) is 88.9 cm³/mol. The van der Waals surface area contributed by atoms with Crippen LogP contribution in [-0.4, -0.2) is 18.2 Å². The van der Waals surface area contributed by atoms with Gasteiger partial charge in [0.1, 0.15) is 6.54 Å². The highest BCUT2D eigenvalue weighted by Crippen LogP contribution is 2.35. The fourth-order valence-electron chi connectivity index (χ4n) is 2.77. The summed E-state index contributed by atoms with van der Waals surface area (Å²) in [6.07, 6.45) is 4.36. The van der Waals surface area contributed by atoms with Crippen LogP contribution in [0.4, 0.5) is 0 Å². The highest BCUT2D eigenvalue weighted by Gasteiger charge is 2.30. The van der Waals surface area contributed by atoms with E-state index in [9.17, 15) is 4.79 Å². The Labute approximate surface area is 138 Å². The second-order valence-electron chi connectivity index (χ2n) is 5.30. The van der Waals surface area contributed by atoms with Crippen molar-refractivity contribution in [1.82, 2.24) is 5.32 Å². The maximum absolute atomic E-state index is 12.2. The van der Waals surface area contributed by atoms with Gasteiger partial charge in [0, 0.05) is 21.0 Å². The first-order chi connectivity index (χ1) is 10.2. The largest absolute Gasteiger partial charge is 0.343 e. The van der Waals surface area contributed by atoms with E-state index in [0.717, 1.165) is 29.5 Å². The van der Waals surface area contributed by atoms with Crippen LogP contribution in [-0.2, 0) is 4.79 Å². The Kier molecular flexibility index (Phi) is 6.59. The van der Waals surface area contributed by atoms with Gasteiger partial charge in [-0.3, -0.25) is 4.79 Å². The number of hydrogen-bond acceptors (Lipinski definition) is 3. The number of nitriles is 1. The molecule has 5 heteroatoms. The quantitative estimate of drug-likeness (QED) is 0.633. The molecule has 0 aromatic heterocycles. The van der Waals surface area contributed by atoms with Crippen LogP contribution in [0.25, 0.3) is 0 Å². The minimum absolute atomic E-state index is 0.0519. The summed E-state index contributed by atoms with van der Waals surface area (Å²) < 4.78 is 1.08. The highest BCUT2D eigenvalue weighted by atomic mass is 79.9. The highest BCUT2D eigenvalue weighted by molar-refractivity contribution is 9.10. The lowest BCUT2D eigenvalue weighted by Gasteiger charge is -2.30. The van der Waals surface area contributed by atoms with E-state index in [1.54, 1.807) is 0 Å². The van der Waals surface area contributed by atoms with Gasteiger partial charge in [-0.25, -0.2) is 0 Å². The Morgan fingerprint density at radius 1 is 1.43 bits per heavy atom. The molecule has 21 heavy (non-hydrogen) atoms. The zero-order chi connectivity index (χ0) is 15.1. The summed E-state index contributed by atoms with van der Waals surface area (Å²) in [7, 11) is 0. The van der Waals surface area contributed by atoms with Crippen LogP contribution in [0.5, 0.6) is 0 Å². The van der Waals surface area contributed by atoms with Gasteiger partial charge in [-0.1, -0.05) is 34.8 Å². The summed E-state index contributed by atoms with van der Waals surface area (Å²) >= 11 is 5.29. The number of thioether (sulfide) groups is 1. The third kappa shape index (κ3) is 5.05. The molecule has 0 bridgehead atoms. The Balaban J connectivity index is 1.92. The van der Waals surface area contributed by atoms with Crippen LogP contribution in [0.1, 0.15) is 25.7 Å². The molecule has 0 heterocycles. The SMILES string of the molecule is N#CCNC(=O)[C@H]1CCCC[C@@H]1CSc1cccc(Br)c1. The van der Waals surface area contributed by atoms with E-state index in [1.165, 1.54) is 11.3 Å². The van der Waals surface area contributed by atoms with E-state index >= 15 is 0 Å². The molecule has 1 saturated carbocycles. The summed E-state index contributed by atoms with van der Waals surface area (Å²) in [6.45, 7) is 0.112. The number of amides is 1. The lowest BCUT2D eigenvalue weighted by molar-refractivity contribution is -0.127. The molecular formula is C16H19BrN2OS. The third-order valence-electron chi connectivity index (χ3n) is 3.85. The summed E-state index contributed by atoms with van der Waals surface area (Å²) in [5, 5.41) is 11.3. The number of rotatable bonds is 5. The number of hydrogen-bond donors (Lipinski definition) is 1. The Hall–Kier alpha value is -0.990. The van der Waals surface area contributed by atoms with Gasteiger partial charge in [-0.2, -0.15) is 5.26 Å². The van der Waals surface area contributed by atoms with Crippen molar-refractivity contribution in [3.63, 3.8) is 0 Å². The fourth-order valence-corrected chi connectivity index (χ4v) is 4.51. The molecular weight excluding hydrogens is 348 g/mol. The summed E-state index contributed by atoms with van der Waals surface area (Å²) in [5.74, 6) is 1.48. The first kappa shape index (κ1) is 16.4. The molecule has 1 amide bonds. The van der Waals surface area contributed by atoms with Crippen molar-refractivity contribution < 1.29 is 4.79 Å². The molecule has 1 aliphatic rings. The number of nitrogens with zero attached hydrogens (tertiary/aromatic N) is 1. The zero-order valence-corrected chi connectivity index (χ0v) is 14.3. The van der Waals surface area contributed by atoms with Crippen molar-refractivity contribution in [3.8, 4) is 6.07 Å². The van der Waals surface area contributed by atoms with E-state index in [-0.39, 0.29) is 18.4 Å². The van der Waals surface area contributed by atoms with Gasteiger partial charge < -0.3 is 5.32 Å². The van der Waals surface area contributed by atoms with Crippen molar-refractivity contribution in [3.05, 3.63) is 28.7 Å². The lowest BCUT2D eigenvalue weighted by atomic mass is 9.80. The fraction of sp³-hybridized carbons (Fsp3) is 0.500. The van der Waals surface area contributed by atoms with Crippen molar-refractivity contribution in [2.75, 3.05) is 12.3 Å². The Bertz CT molecular complexity index is 529. The number of halogens is 1. The molecule has 1 aromatic rings. The molecule has 0 spiro atoms. The second kappa shape index (κ2) is 8.45. The van der Waals surface area contributed by atoms with Crippen molar-refractivity contribution in [2.24, 2.45) is 11.8 Å². The Morgan fingerprint density at radius 2 is 2.24 bits per heavy atom. The molecule has 3 nitrogen and oxygen atoms in total. The molecule has 2 rings (SSSR count). The molecule has 112 valence electrons. The smallest absolute Gasteiger partial charge is 0.224 e. The molecule has 0 radical (unpaired) electrons. The van der Waals surface area contributed by atoms with Gasteiger partial charge in [-0.05, 0) is 37.0 Å². The molecule has 1 aromatic carbocycles. The number of nitrogens with one attached hydrogen (secondary N) is 1. The summed E-state index contributed by atoms with van der Waals surface area (Å²) in [4.78, 5) is 13.4. The van der Waals surface area contributed by atoms with Gasteiger partial charge >= 0.3 is 0 Å². The van der Waals surface area contributed by atoms with Gasteiger partial charge in [0.05, 0.1) is 6.07 Å². The molecule has 1 fully saturated rings. The van der Waals surface area contributed by atoms with Crippen molar-refractivity contribution in [1.29, 1.82) is 5.26 Å². The van der Waals surface area contributed by atoms with E-state index < -0.39 is 0 Å². The summed E-state index contributed by atoms with van der Waals surface area (Å²) in [6, 6.07) is 10.2. The van der Waals surface area contributed by atoms with Gasteiger partial charge in [0.15, 0.2) is 0 Å². The molecule has 2 atom stereocenters. The Morgan fingerprint density at radius 3 is 3.00 bits per heavy atom. The third-order valence-corrected chi connectivity index (χ3v) is 5.52. The molecule has 1 N–H and O–H groups in total. The minimum atomic E-state index is 0.0519. The van der Waals surface area contributed by atoms with Gasteiger partial charge in [0.25, 0.3) is 0 Å². The number of carbonyl (C=O) groups excluding carboxylic acids is 1. The monoisotopic (exact) mass is 366 g/mol. The van der Waals surface area contributed by atoms with Crippen LogP contribution >= 0.6 is 27.7 Å². The second-order valence-corrected chi connectivity index (χ2v) is 7.30. The van der Waals surface area contributed by atoms with E-state index in [4.69, 9.17) is 5.26 Å². The van der Waals surface area contributed by atoms with Crippen LogP contribution < -0.4 is 5.32 Å².